The van der Waals surface area contributed by atoms with Crippen molar-refractivity contribution >= 4 is 17.9 Å². The number of carbonyl (C=O) groups is 2. The molecule has 1 saturated heterocycles. The Hall–Kier alpha value is -3.52. The predicted octanol–water partition coefficient (Wildman–Crippen LogP) is 1.72. The number of benzene rings is 2. The molecule has 4 atom stereocenters. The van der Waals surface area contributed by atoms with Crippen molar-refractivity contribution in [2.45, 2.75) is 63.6 Å². The third kappa shape index (κ3) is 9.24. The summed E-state index contributed by atoms with van der Waals surface area (Å²) in [6.07, 6.45) is 5.43. The van der Waals surface area contributed by atoms with Crippen molar-refractivity contribution in [1.82, 2.24) is 15.5 Å². The predicted molar refractivity (Wildman–Crippen MR) is 162 cm³/mol. The first-order valence-electron chi connectivity index (χ1n) is 14.1. The van der Waals surface area contributed by atoms with Crippen LogP contribution < -0.4 is 10.6 Å². The third-order valence-corrected chi connectivity index (χ3v) is 7.35. The molecule has 2 amide bonds. The number of hydrogen-bond donors (Lipinski definition) is 5. The molecule has 0 radical (unpaired) electrons. The molecule has 5 N–H and O–H groups in total. The number of nitrogens with one attached hydrogen (secondary N) is 2. The molecule has 226 valence electrons. The summed E-state index contributed by atoms with van der Waals surface area (Å²) in [5, 5.41) is 35.8. The third-order valence-electron chi connectivity index (χ3n) is 7.35. The highest BCUT2D eigenvalue weighted by molar-refractivity contribution is 5.91. The van der Waals surface area contributed by atoms with Crippen molar-refractivity contribution in [3.8, 4) is 12.3 Å². The van der Waals surface area contributed by atoms with E-state index in [0.29, 0.717) is 26.1 Å². The zero-order valence-electron chi connectivity index (χ0n) is 24.8. The highest BCUT2D eigenvalue weighted by atomic mass is 16.5. The Kier molecular flexibility index (Phi) is 11.9. The minimum Gasteiger partial charge on any atom is -0.388 e. The monoisotopic (exact) mass is 577 g/mol. The number of terminal acetylenes is 1. The van der Waals surface area contributed by atoms with Crippen LogP contribution >= 0.6 is 0 Å². The standard InChI is InChI=1S/C33H43N3O6/c1-6-17-36(5)18-16-34-32(41)33(3,4)35-28(38)9-7-8-23-11-13-24(14-12-23)19-26-20-25(15-10-22(26)2)31-30(40)29(39)27(37)21-42-31/h1,7-8,10-15,20,27,29-31,37,39-40H,9,16-19,21H2,2-5H3,(H,34,41)(H,35,38)/b8-7+/t27-,29+,30-,31+/m1/s1. The number of likely N-dealkylation sites (N-methyl/N-ethyl adjacent to an activating group) is 1. The second kappa shape index (κ2) is 15.1. The lowest BCUT2D eigenvalue weighted by molar-refractivity contribution is -0.189. The molecular weight excluding hydrogens is 534 g/mol. The average molecular weight is 578 g/mol. The van der Waals surface area contributed by atoms with Crippen LogP contribution in [0.2, 0.25) is 0 Å². The summed E-state index contributed by atoms with van der Waals surface area (Å²) < 4.78 is 5.62. The average Bonchev–Trinajstić information content (AvgIpc) is 2.94. The van der Waals surface area contributed by atoms with Crippen LogP contribution in [0.3, 0.4) is 0 Å². The largest absolute Gasteiger partial charge is 0.388 e. The maximum absolute atomic E-state index is 12.5. The lowest BCUT2D eigenvalue weighted by Gasteiger charge is -2.35. The Morgan fingerprint density at radius 3 is 2.55 bits per heavy atom. The summed E-state index contributed by atoms with van der Waals surface area (Å²) in [5.74, 6) is 2.04. The first kappa shape index (κ1) is 33.0. The number of aliphatic hydroxyl groups is 3. The molecule has 1 heterocycles. The topological polar surface area (TPSA) is 131 Å². The van der Waals surface area contributed by atoms with Crippen LogP contribution in [0.1, 0.15) is 54.2 Å². The lowest BCUT2D eigenvalue weighted by Crippen LogP contribution is -2.55. The van der Waals surface area contributed by atoms with Crippen molar-refractivity contribution in [1.29, 1.82) is 0 Å². The van der Waals surface area contributed by atoms with Gasteiger partial charge < -0.3 is 30.7 Å². The Morgan fingerprint density at radius 2 is 1.86 bits per heavy atom. The molecule has 9 heteroatoms. The zero-order chi connectivity index (χ0) is 30.9. The molecule has 1 aliphatic heterocycles. The van der Waals surface area contributed by atoms with Gasteiger partial charge in [0.25, 0.3) is 0 Å². The van der Waals surface area contributed by atoms with E-state index in [1.165, 1.54) is 0 Å². The van der Waals surface area contributed by atoms with Gasteiger partial charge in [-0.25, -0.2) is 0 Å². The maximum atomic E-state index is 12.5. The molecular formula is C33H43N3O6. The normalized spacial score (nSPS) is 20.8. The van der Waals surface area contributed by atoms with E-state index in [1.807, 2.05) is 67.4 Å². The highest BCUT2D eigenvalue weighted by Crippen LogP contribution is 2.30. The van der Waals surface area contributed by atoms with Crippen molar-refractivity contribution in [3.05, 3.63) is 76.4 Å². The Morgan fingerprint density at radius 1 is 1.14 bits per heavy atom. The van der Waals surface area contributed by atoms with E-state index < -0.39 is 30.0 Å². The minimum atomic E-state index is -1.26. The number of hydrogen-bond acceptors (Lipinski definition) is 7. The first-order chi connectivity index (χ1) is 19.9. The van der Waals surface area contributed by atoms with Gasteiger partial charge in [0.05, 0.1) is 13.2 Å². The summed E-state index contributed by atoms with van der Waals surface area (Å²) in [6, 6.07) is 13.8. The SMILES string of the molecule is C#CCN(C)CCNC(=O)C(C)(C)NC(=O)C/C=C/c1ccc(Cc2cc([C@@H]3OC[C@@H](O)[C@H](O)[C@H]3O)ccc2C)cc1. The van der Waals surface area contributed by atoms with Gasteiger partial charge in [0, 0.05) is 19.5 Å². The number of aryl methyl sites for hydroxylation is 1. The van der Waals surface area contributed by atoms with Gasteiger partial charge in [-0.05, 0) is 62.1 Å². The van der Waals surface area contributed by atoms with Gasteiger partial charge >= 0.3 is 0 Å². The van der Waals surface area contributed by atoms with Gasteiger partial charge in [-0.15, -0.1) is 6.42 Å². The molecule has 0 bridgehead atoms. The molecule has 0 aliphatic carbocycles. The van der Waals surface area contributed by atoms with Crippen LogP contribution in [-0.2, 0) is 20.7 Å². The number of aliphatic hydroxyl groups excluding tert-OH is 3. The number of ether oxygens (including phenoxy) is 1. The van der Waals surface area contributed by atoms with Gasteiger partial charge in [0.2, 0.25) is 11.8 Å². The van der Waals surface area contributed by atoms with E-state index in [1.54, 1.807) is 19.9 Å². The molecule has 0 unspecified atom stereocenters. The van der Waals surface area contributed by atoms with Crippen LogP contribution in [-0.4, -0.2) is 89.2 Å². The van der Waals surface area contributed by atoms with E-state index in [2.05, 4.69) is 16.6 Å². The van der Waals surface area contributed by atoms with E-state index in [-0.39, 0.29) is 24.8 Å². The molecule has 2 aromatic rings. The summed E-state index contributed by atoms with van der Waals surface area (Å²) in [5.41, 5.74) is 3.89. The van der Waals surface area contributed by atoms with Crippen molar-refractivity contribution in [3.63, 3.8) is 0 Å². The van der Waals surface area contributed by atoms with Gasteiger partial charge in [-0.3, -0.25) is 14.5 Å². The molecule has 9 nitrogen and oxygen atoms in total. The fourth-order valence-corrected chi connectivity index (χ4v) is 4.70. The summed E-state index contributed by atoms with van der Waals surface area (Å²) in [6.45, 7) is 6.87. The first-order valence-corrected chi connectivity index (χ1v) is 14.1. The van der Waals surface area contributed by atoms with Gasteiger partial charge in [-0.1, -0.05) is 60.5 Å². The maximum Gasteiger partial charge on any atom is 0.245 e. The van der Waals surface area contributed by atoms with Crippen molar-refractivity contribution in [2.24, 2.45) is 0 Å². The molecule has 0 aromatic heterocycles. The second-order valence-corrected chi connectivity index (χ2v) is 11.4. The van der Waals surface area contributed by atoms with Crippen LogP contribution in [0.15, 0.2) is 48.5 Å². The van der Waals surface area contributed by atoms with Gasteiger partial charge in [-0.2, -0.15) is 0 Å². The van der Waals surface area contributed by atoms with E-state index in [9.17, 15) is 24.9 Å². The summed E-state index contributed by atoms with van der Waals surface area (Å²) in [4.78, 5) is 26.9. The van der Waals surface area contributed by atoms with Crippen molar-refractivity contribution < 1.29 is 29.6 Å². The Balaban J connectivity index is 1.51. The fourth-order valence-electron chi connectivity index (χ4n) is 4.70. The number of carbonyl (C=O) groups excluding carboxylic acids is 2. The fraction of sp³-hybridized carbons (Fsp3) is 0.455. The van der Waals surface area contributed by atoms with E-state index in [4.69, 9.17) is 11.2 Å². The molecule has 2 aromatic carbocycles. The number of rotatable bonds is 12. The second-order valence-electron chi connectivity index (χ2n) is 11.4. The zero-order valence-corrected chi connectivity index (χ0v) is 24.8. The Bertz CT molecular complexity index is 1280. The van der Waals surface area contributed by atoms with E-state index in [0.717, 1.165) is 27.8 Å². The molecule has 1 aliphatic rings. The highest BCUT2D eigenvalue weighted by Gasteiger charge is 2.38. The lowest BCUT2D eigenvalue weighted by atomic mass is 9.91. The van der Waals surface area contributed by atoms with Crippen molar-refractivity contribution in [2.75, 3.05) is 33.3 Å². The van der Waals surface area contributed by atoms with E-state index >= 15 is 0 Å². The Labute approximate surface area is 248 Å². The minimum absolute atomic E-state index is 0.0396. The summed E-state index contributed by atoms with van der Waals surface area (Å²) in [7, 11) is 1.87. The molecule has 0 saturated carbocycles. The summed E-state index contributed by atoms with van der Waals surface area (Å²) >= 11 is 0. The van der Waals surface area contributed by atoms with Gasteiger partial charge in [0.15, 0.2) is 0 Å². The molecule has 3 rings (SSSR count). The smallest absolute Gasteiger partial charge is 0.245 e. The quantitative estimate of drug-likeness (QED) is 0.243. The number of amides is 2. The molecule has 0 spiro atoms. The van der Waals surface area contributed by atoms with Crippen LogP contribution in [0, 0.1) is 19.3 Å². The van der Waals surface area contributed by atoms with Gasteiger partial charge in [0.1, 0.15) is 30.0 Å². The molecule has 1 fully saturated rings. The molecule has 42 heavy (non-hydrogen) atoms. The van der Waals surface area contributed by atoms with Crippen LogP contribution in [0.5, 0.6) is 0 Å². The van der Waals surface area contributed by atoms with Crippen LogP contribution in [0.25, 0.3) is 6.08 Å². The number of nitrogens with zero attached hydrogens (tertiary/aromatic N) is 1. The van der Waals surface area contributed by atoms with Crippen LogP contribution in [0.4, 0.5) is 0 Å².